The highest BCUT2D eigenvalue weighted by molar-refractivity contribution is 6.10. The van der Waals surface area contributed by atoms with Crippen LogP contribution >= 0.6 is 0 Å². The van der Waals surface area contributed by atoms with E-state index in [0.29, 0.717) is 18.8 Å². The summed E-state index contributed by atoms with van der Waals surface area (Å²) in [6, 6.07) is 13.0. The average Bonchev–Trinajstić information content (AvgIpc) is 2.90. The molecule has 0 saturated carbocycles. The fourth-order valence-corrected chi connectivity index (χ4v) is 2.74. The number of hydroxylamine groups is 2. The zero-order valence-corrected chi connectivity index (χ0v) is 15.1. The molecule has 0 spiro atoms. The second kappa shape index (κ2) is 7.20. The van der Waals surface area contributed by atoms with Gasteiger partial charge in [0.1, 0.15) is 0 Å². The minimum atomic E-state index is -1.16. The number of carboxylic acids is 1. The molecule has 2 N–H and O–H groups in total. The number of hydrogen-bond donors (Lipinski definition) is 2. The minimum absolute atomic E-state index is 0.0565. The molecule has 2 aromatic carbocycles. The Hall–Kier alpha value is -3.19. The quantitative estimate of drug-likeness (QED) is 0.846. The maximum atomic E-state index is 12.4. The van der Waals surface area contributed by atoms with Crippen LogP contribution in [-0.2, 0) is 16.2 Å². The fraction of sp³-hybridized carbons (Fsp3) is 0.250. The Bertz CT molecular complexity index is 890. The third-order valence-electron chi connectivity index (χ3n) is 4.33. The van der Waals surface area contributed by atoms with Gasteiger partial charge in [0, 0.05) is 5.69 Å². The van der Waals surface area contributed by atoms with Crippen LogP contribution < -0.4 is 5.32 Å². The molecular weight excluding hydrogens is 348 g/mol. The van der Waals surface area contributed by atoms with Crippen LogP contribution in [-0.4, -0.2) is 34.6 Å². The number of rotatable bonds is 5. The molecule has 1 fully saturated rings. The number of carbonyl (C=O) groups excluding carboxylic acids is 2. The number of benzene rings is 2. The van der Waals surface area contributed by atoms with Crippen molar-refractivity contribution < 1.29 is 24.3 Å². The van der Waals surface area contributed by atoms with Gasteiger partial charge in [-0.1, -0.05) is 24.3 Å². The third-order valence-corrected chi connectivity index (χ3v) is 4.33. The maximum Gasteiger partial charge on any atom is 0.336 e. The van der Waals surface area contributed by atoms with Crippen molar-refractivity contribution in [1.82, 2.24) is 5.06 Å². The summed E-state index contributed by atoms with van der Waals surface area (Å²) in [7, 11) is 0. The first-order valence-corrected chi connectivity index (χ1v) is 8.45. The fourth-order valence-electron chi connectivity index (χ4n) is 2.74. The van der Waals surface area contributed by atoms with Crippen LogP contribution in [0.1, 0.15) is 40.1 Å². The molecule has 140 valence electrons. The highest BCUT2D eigenvalue weighted by Crippen LogP contribution is 2.28. The van der Waals surface area contributed by atoms with Crippen molar-refractivity contribution in [3.63, 3.8) is 0 Å². The lowest BCUT2D eigenvalue weighted by atomic mass is 9.95. The molecule has 3 rings (SSSR count). The molecule has 0 radical (unpaired) electrons. The molecule has 0 bridgehead atoms. The van der Waals surface area contributed by atoms with E-state index in [9.17, 15) is 19.5 Å². The van der Waals surface area contributed by atoms with E-state index in [1.165, 1.54) is 17.2 Å². The second-order valence-corrected chi connectivity index (χ2v) is 7.00. The van der Waals surface area contributed by atoms with Crippen LogP contribution in [0.3, 0.4) is 0 Å². The van der Waals surface area contributed by atoms with E-state index >= 15 is 0 Å². The van der Waals surface area contributed by atoms with E-state index in [-0.39, 0.29) is 17.0 Å². The van der Waals surface area contributed by atoms with Crippen molar-refractivity contribution in [1.29, 1.82) is 0 Å². The van der Waals surface area contributed by atoms with Crippen LogP contribution in [0.15, 0.2) is 48.5 Å². The van der Waals surface area contributed by atoms with Gasteiger partial charge >= 0.3 is 5.97 Å². The summed E-state index contributed by atoms with van der Waals surface area (Å²) in [5.74, 6) is -1.72. The predicted octanol–water partition coefficient (Wildman–Crippen LogP) is 2.94. The summed E-state index contributed by atoms with van der Waals surface area (Å²) in [4.78, 5) is 41.2. The standard InChI is InChI=1S/C20H20N2O5/c1-20(2)12-27-22(19(20)26)11-13-7-9-14(10-8-13)21-17(23)15-5-3-4-6-16(15)18(24)25/h3-10H,11-12H2,1-2H3,(H,21,23)(H,24,25). The number of anilines is 1. The number of carboxylic acid groups (broad SMARTS) is 1. The van der Waals surface area contributed by atoms with Crippen LogP contribution in [0.2, 0.25) is 0 Å². The number of amides is 2. The minimum Gasteiger partial charge on any atom is -0.478 e. The van der Waals surface area contributed by atoms with E-state index in [4.69, 9.17) is 4.84 Å². The molecule has 2 aromatic rings. The Morgan fingerprint density at radius 2 is 1.74 bits per heavy atom. The molecule has 27 heavy (non-hydrogen) atoms. The Kier molecular flexibility index (Phi) is 4.96. The number of hydrogen-bond acceptors (Lipinski definition) is 4. The van der Waals surface area contributed by atoms with Gasteiger partial charge in [0.15, 0.2) is 0 Å². The molecule has 1 aliphatic rings. The molecular formula is C20H20N2O5. The van der Waals surface area contributed by atoms with Crippen LogP contribution in [0.4, 0.5) is 5.69 Å². The highest BCUT2D eigenvalue weighted by atomic mass is 16.7. The smallest absolute Gasteiger partial charge is 0.336 e. The number of nitrogens with one attached hydrogen (secondary N) is 1. The van der Waals surface area contributed by atoms with Gasteiger partial charge in [-0.25, -0.2) is 9.86 Å². The molecule has 1 heterocycles. The molecule has 7 heteroatoms. The van der Waals surface area contributed by atoms with Gasteiger partial charge < -0.3 is 10.4 Å². The van der Waals surface area contributed by atoms with Gasteiger partial charge in [-0.15, -0.1) is 0 Å². The molecule has 1 saturated heterocycles. The van der Waals surface area contributed by atoms with Gasteiger partial charge in [-0.05, 0) is 43.7 Å². The first-order valence-electron chi connectivity index (χ1n) is 8.45. The second-order valence-electron chi connectivity index (χ2n) is 7.00. The molecule has 0 atom stereocenters. The van der Waals surface area contributed by atoms with E-state index in [2.05, 4.69) is 5.32 Å². The summed E-state index contributed by atoms with van der Waals surface area (Å²) in [5, 5.41) is 13.2. The van der Waals surface area contributed by atoms with Gasteiger partial charge in [0.25, 0.3) is 11.8 Å². The number of nitrogens with zero attached hydrogens (tertiary/aromatic N) is 1. The lowest BCUT2D eigenvalue weighted by Crippen LogP contribution is -2.30. The van der Waals surface area contributed by atoms with Gasteiger partial charge in [-0.2, -0.15) is 0 Å². The normalized spacial score (nSPS) is 15.6. The van der Waals surface area contributed by atoms with Crippen molar-refractivity contribution in [3.05, 3.63) is 65.2 Å². The Labute approximate surface area is 156 Å². The molecule has 0 aliphatic carbocycles. The molecule has 2 amide bonds. The lowest BCUT2D eigenvalue weighted by molar-refractivity contribution is -0.165. The summed E-state index contributed by atoms with van der Waals surface area (Å²) < 4.78 is 0. The van der Waals surface area contributed by atoms with Crippen molar-refractivity contribution in [2.75, 3.05) is 11.9 Å². The SMILES string of the molecule is CC1(C)CON(Cc2ccc(NC(=O)c3ccccc3C(=O)O)cc2)C1=O. The van der Waals surface area contributed by atoms with Crippen molar-refractivity contribution in [2.45, 2.75) is 20.4 Å². The Morgan fingerprint density at radius 1 is 1.11 bits per heavy atom. The van der Waals surface area contributed by atoms with E-state index in [0.717, 1.165) is 5.56 Å². The Balaban J connectivity index is 1.67. The van der Waals surface area contributed by atoms with Gasteiger partial charge in [0.05, 0.1) is 29.7 Å². The van der Waals surface area contributed by atoms with Crippen LogP contribution in [0, 0.1) is 5.41 Å². The van der Waals surface area contributed by atoms with E-state index in [1.807, 2.05) is 13.8 Å². The van der Waals surface area contributed by atoms with Gasteiger partial charge in [0.2, 0.25) is 0 Å². The highest BCUT2D eigenvalue weighted by Gasteiger charge is 2.40. The van der Waals surface area contributed by atoms with E-state index < -0.39 is 17.3 Å². The predicted molar refractivity (Wildman–Crippen MR) is 98.1 cm³/mol. The van der Waals surface area contributed by atoms with Crippen molar-refractivity contribution >= 4 is 23.5 Å². The number of carbonyl (C=O) groups is 3. The molecule has 1 aliphatic heterocycles. The van der Waals surface area contributed by atoms with Crippen LogP contribution in [0.5, 0.6) is 0 Å². The maximum absolute atomic E-state index is 12.4. The third kappa shape index (κ3) is 3.98. The van der Waals surface area contributed by atoms with E-state index in [1.54, 1.807) is 36.4 Å². The topological polar surface area (TPSA) is 95.9 Å². The molecule has 0 aromatic heterocycles. The summed E-state index contributed by atoms with van der Waals surface area (Å²) in [6.45, 7) is 4.34. The monoisotopic (exact) mass is 368 g/mol. The zero-order valence-electron chi connectivity index (χ0n) is 15.1. The van der Waals surface area contributed by atoms with Crippen LogP contribution in [0.25, 0.3) is 0 Å². The summed E-state index contributed by atoms with van der Waals surface area (Å²) >= 11 is 0. The van der Waals surface area contributed by atoms with Crippen molar-refractivity contribution in [3.8, 4) is 0 Å². The summed E-state index contributed by atoms with van der Waals surface area (Å²) in [6.07, 6.45) is 0. The largest absolute Gasteiger partial charge is 0.478 e. The molecule has 7 nitrogen and oxygen atoms in total. The van der Waals surface area contributed by atoms with Crippen molar-refractivity contribution in [2.24, 2.45) is 5.41 Å². The number of aromatic carboxylic acids is 1. The average molecular weight is 368 g/mol. The molecule has 0 unspecified atom stereocenters. The Morgan fingerprint density at radius 3 is 2.30 bits per heavy atom. The first kappa shape index (κ1) is 18.6. The summed E-state index contributed by atoms with van der Waals surface area (Å²) in [5.41, 5.74) is 0.889. The first-order chi connectivity index (χ1) is 12.8. The van der Waals surface area contributed by atoms with Gasteiger partial charge in [-0.3, -0.25) is 14.4 Å². The lowest BCUT2D eigenvalue weighted by Gasteiger charge is -2.16. The zero-order chi connectivity index (χ0) is 19.6.